The van der Waals surface area contributed by atoms with Crippen LogP contribution in [0, 0.1) is 0 Å². The second-order valence-electron chi connectivity index (χ2n) is 6.68. The Kier molecular flexibility index (Phi) is 8.16. The first kappa shape index (κ1) is 19.2. The first-order chi connectivity index (χ1) is 12.2. The van der Waals surface area contributed by atoms with E-state index in [-0.39, 0.29) is 30.7 Å². The summed E-state index contributed by atoms with van der Waals surface area (Å²) in [4.78, 5) is 30.4. The van der Waals surface area contributed by atoms with Crippen molar-refractivity contribution in [3.05, 3.63) is 42.7 Å². The van der Waals surface area contributed by atoms with Gasteiger partial charge < -0.3 is 10.2 Å². The predicted molar refractivity (Wildman–Crippen MR) is 98.7 cm³/mol. The summed E-state index contributed by atoms with van der Waals surface area (Å²) in [6, 6.07) is 4.08. The van der Waals surface area contributed by atoms with Crippen molar-refractivity contribution in [2.45, 2.75) is 64.0 Å². The van der Waals surface area contributed by atoms with Gasteiger partial charge in [-0.25, -0.2) is 0 Å². The van der Waals surface area contributed by atoms with Crippen LogP contribution in [-0.4, -0.2) is 34.3 Å². The van der Waals surface area contributed by atoms with Crippen molar-refractivity contribution in [3.63, 3.8) is 0 Å². The number of nitrogens with one attached hydrogen (secondary N) is 1. The highest BCUT2D eigenvalue weighted by atomic mass is 16.2. The molecule has 2 amide bonds. The third kappa shape index (κ3) is 7.08. The second-order valence-corrected chi connectivity index (χ2v) is 6.68. The zero-order valence-corrected chi connectivity index (χ0v) is 15.0. The van der Waals surface area contributed by atoms with Gasteiger partial charge in [0.15, 0.2) is 0 Å². The van der Waals surface area contributed by atoms with Crippen LogP contribution in [-0.2, 0) is 16.1 Å². The smallest absolute Gasteiger partial charge is 0.223 e. The normalized spacial score (nSPS) is 15.2. The van der Waals surface area contributed by atoms with Crippen molar-refractivity contribution in [1.82, 2.24) is 15.2 Å². The summed E-state index contributed by atoms with van der Waals surface area (Å²) in [5.74, 6) is -0.0417. The van der Waals surface area contributed by atoms with Gasteiger partial charge in [0.1, 0.15) is 0 Å². The van der Waals surface area contributed by atoms with Gasteiger partial charge in [-0.1, -0.05) is 37.8 Å². The monoisotopic (exact) mass is 343 g/mol. The molecule has 136 valence electrons. The van der Waals surface area contributed by atoms with E-state index in [9.17, 15) is 9.59 Å². The molecular weight excluding hydrogens is 314 g/mol. The molecule has 1 aliphatic carbocycles. The summed E-state index contributed by atoms with van der Waals surface area (Å²) < 4.78 is 0. The molecule has 25 heavy (non-hydrogen) atoms. The Morgan fingerprint density at radius 3 is 2.64 bits per heavy atom. The summed E-state index contributed by atoms with van der Waals surface area (Å²) in [6.07, 6.45) is 12.6. The minimum absolute atomic E-state index is 0.0137. The highest BCUT2D eigenvalue weighted by Crippen LogP contribution is 2.17. The molecule has 0 spiro atoms. The Hall–Kier alpha value is -2.17. The second kappa shape index (κ2) is 10.6. The molecule has 5 heteroatoms. The predicted octanol–water partition coefficient (Wildman–Crippen LogP) is 3.22. The van der Waals surface area contributed by atoms with Gasteiger partial charge in [-0.15, -0.1) is 6.58 Å². The van der Waals surface area contributed by atoms with Crippen LogP contribution in [0.5, 0.6) is 0 Å². The van der Waals surface area contributed by atoms with Crippen molar-refractivity contribution >= 4 is 11.8 Å². The van der Waals surface area contributed by atoms with E-state index in [0.29, 0.717) is 13.1 Å². The van der Waals surface area contributed by atoms with Gasteiger partial charge in [0.2, 0.25) is 11.8 Å². The molecule has 2 rings (SSSR count). The molecule has 1 saturated carbocycles. The fourth-order valence-corrected chi connectivity index (χ4v) is 3.22. The maximum absolute atomic E-state index is 12.5. The maximum atomic E-state index is 12.5. The zero-order chi connectivity index (χ0) is 17.9. The molecule has 0 saturated heterocycles. The van der Waals surface area contributed by atoms with Crippen LogP contribution < -0.4 is 5.32 Å². The Labute approximate surface area is 150 Å². The number of pyridine rings is 1. The molecule has 1 aromatic rings. The average molecular weight is 343 g/mol. The lowest BCUT2D eigenvalue weighted by molar-refractivity contribution is -0.133. The summed E-state index contributed by atoms with van der Waals surface area (Å²) >= 11 is 0. The van der Waals surface area contributed by atoms with Crippen molar-refractivity contribution < 1.29 is 9.59 Å². The van der Waals surface area contributed by atoms with Gasteiger partial charge in [-0.2, -0.15) is 0 Å². The van der Waals surface area contributed by atoms with E-state index in [1.165, 1.54) is 25.7 Å². The Morgan fingerprint density at radius 2 is 2.00 bits per heavy atom. The number of hydrogen-bond acceptors (Lipinski definition) is 3. The summed E-state index contributed by atoms with van der Waals surface area (Å²) in [5, 5.41) is 3.10. The van der Waals surface area contributed by atoms with E-state index < -0.39 is 0 Å². The summed E-state index contributed by atoms with van der Waals surface area (Å²) in [5.41, 5.74) is 0.973. The molecule has 0 aromatic carbocycles. The van der Waals surface area contributed by atoms with Crippen molar-refractivity contribution in [2.75, 3.05) is 6.54 Å². The third-order valence-electron chi connectivity index (χ3n) is 4.58. The van der Waals surface area contributed by atoms with Gasteiger partial charge in [0.25, 0.3) is 0 Å². The van der Waals surface area contributed by atoms with E-state index >= 15 is 0 Å². The lowest BCUT2D eigenvalue weighted by atomic mass is 10.1. The quantitative estimate of drug-likeness (QED) is 0.582. The number of hydrogen-bond donors (Lipinski definition) is 1. The van der Waals surface area contributed by atoms with Gasteiger partial charge in [-0.05, 0) is 24.5 Å². The highest BCUT2D eigenvalue weighted by Gasteiger charge is 2.17. The molecule has 5 nitrogen and oxygen atoms in total. The fraction of sp³-hybridized carbons (Fsp3) is 0.550. The Morgan fingerprint density at radius 1 is 1.24 bits per heavy atom. The van der Waals surface area contributed by atoms with Gasteiger partial charge in [-0.3, -0.25) is 14.6 Å². The minimum Gasteiger partial charge on any atom is -0.353 e. The van der Waals surface area contributed by atoms with Crippen LogP contribution in [0.3, 0.4) is 0 Å². The number of carbonyl (C=O) groups is 2. The molecule has 0 aliphatic heterocycles. The van der Waals surface area contributed by atoms with Crippen molar-refractivity contribution in [3.8, 4) is 0 Å². The number of rotatable bonds is 8. The maximum Gasteiger partial charge on any atom is 0.223 e. The molecule has 0 bridgehead atoms. The van der Waals surface area contributed by atoms with Crippen molar-refractivity contribution in [1.29, 1.82) is 0 Å². The van der Waals surface area contributed by atoms with E-state index in [0.717, 1.165) is 18.4 Å². The minimum atomic E-state index is -0.0280. The molecule has 1 heterocycles. The van der Waals surface area contributed by atoms with Crippen LogP contribution >= 0.6 is 0 Å². The lowest BCUT2D eigenvalue weighted by Crippen LogP contribution is -2.36. The first-order valence-electron chi connectivity index (χ1n) is 9.26. The summed E-state index contributed by atoms with van der Waals surface area (Å²) in [7, 11) is 0. The van der Waals surface area contributed by atoms with Crippen LogP contribution in [0.15, 0.2) is 37.2 Å². The number of nitrogens with zero attached hydrogens (tertiary/aromatic N) is 2. The molecular formula is C20H29N3O2. The van der Waals surface area contributed by atoms with Crippen molar-refractivity contribution in [2.24, 2.45) is 0 Å². The largest absolute Gasteiger partial charge is 0.353 e. The van der Waals surface area contributed by atoms with E-state index in [4.69, 9.17) is 0 Å². The van der Waals surface area contributed by atoms with E-state index in [1.54, 1.807) is 23.4 Å². The van der Waals surface area contributed by atoms with Gasteiger partial charge in [0.05, 0.1) is 0 Å². The number of amides is 2. The van der Waals surface area contributed by atoms with Crippen LogP contribution in [0.4, 0.5) is 0 Å². The van der Waals surface area contributed by atoms with Crippen LogP contribution in [0.25, 0.3) is 0 Å². The van der Waals surface area contributed by atoms with Crippen LogP contribution in [0.2, 0.25) is 0 Å². The molecule has 0 unspecified atom stereocenters. The Balaban J connectivity index is 1.79. The van der Waals surface area contributed by atoms with E-state index in [2.05, 4.69) is 16.9 Å². The SMILES string of the molecule is C=CCN(Cc1cccnc1)C(=O)CCC(=O)NC1CCCCCC1. The molecule has 1 N–H and O–H groups in total. The molecule has 1 aliphatic rings. The van der Waals surface area contributed by atoms with Gasteiger partial charge in [0, 0.05) is 44.4 Å². The molecule has 1 aromatic heterocycles. The standard InChI is InChI=1S/C20H29N3O2/c1-2-14-23(16-17-8-7-13-21-15-17)20(25)12-11-19(24)22-18-9-5-3-4-6-10-18/h2,7-8,13,15,18H,1,3-6,9-12,14,16H2,(H,22,24). The average Bonchev–Trinajstić information content (AvgIpc) is 2.89. The first-order valence-corrected chi connectivity index (χ1v) is 9.26. The molecule has 1 fully saturated rings. The zero-order valence-electron chi connectivity index (χ0n) is 15.0. The molecule has 0 radical (unpaired) electrons. The Bertz CT molecular complexity index is 551. The highest BCUT2D eigenvalue weighted by molar-refractivity contribution is 5.84. The number of carbonyl (C=O) groups excluding carboxylic acids is 2. The fourth-order valence-electron chi connectivity index (χ4n) is 3.22. The number of aromatic nitrogens is 1. The van der Waals surface area contributed by atoms with E-state index in [1.807, 2.05) is 12.1 Å². The summed E-state index contributed by atoms with van der Waals surface area (Å²) in [6.45, 7) is 4.68. The topological polar surface area (TPSA) is 62.3 Å². The van der Waals surface area contributed by atoms with Crippen LogP contribution in [0.1, 0.15) is 56.9 Å². The lowest BCUT2D eigenvalue weighted by Gasteiger charge is -2.21. The van der Waals surface area contributed by atoms with Gasteiger partial charge >= 0.3 is 0 Å². The third-order valence-corrected chi connectivity index (χ3v) is 4.58. The molecule has 0 atom stereocenters.